The van der Waals surface area contributed by atoms with Gasteiger partial charge in [-0.1, -0.05) is 51.1 Å². The first-order chi connectivity index (χ1) is 10.8. The standard InChI is InChI=1S/C18H23N3O2.ClH/c1-18(2,3)15(19)16(22)20-14-10-7-11-21(17(14)23)12-13-8-5-4-6-9-13;/h4-11,15H,12,19H2,1-3H3,(H,20,22);1H/t15-;/m1./s1. The van der Waals surface area contributed by atoms with Crippen LogP contribution in [-0.4, -0.2) is 16.5 Å². The van der Waals surface area contributed by atoms with Crippen LogP contribution >= 0.6 is 12.4 Å². The van der Waals surface area contributed by atoms with Crippen molar-refractivity contribution in [2.75, 3.05) is 5.32 Å². The molecular formula is C18H24ClN3O2. The maximum atomic E-state index is 12.5. The van der Waals surface area contributed by atoms with Gasteiger partial charge in [0.05, 0.1) is 12.6 Å². The number of halogens is 1. The normalized spacial score (nSPS) is 12.2. The fraction of sp³-hybridized carbons (Fsp3) is 0.333. The molecule has 0 aliphatic heterocycles. The summed E-state index contributed by atoms with van der Waals surface area (Å²) in [6.07, 6.45) is 1.70. The highest BCUT2D eigenvalue weighted by Gasteiger charge is 2.27. The molecule has 0 bridgehead atoms. The Balaban J connectivity index is 0.00000288. The van der Waals surface area contributed by atoms with E-state index in [0.29, 0.717) is 6.54 Å². The lowest BCUT2D eigenvalue weighted by atomic mass is 9.87. The number of pyridine rings is 1. The molecule has 24 heavy (non-hydrogen) atoms. The number of nitrogens with zero attached hydrogens (tertiary/aromatic N) is 1. The largest absolute Gasteiger partial charge is 0.320 e. The van der Waals surface area contributed by atoms with Gasteiger partial charge in [-0.2, -0.15) is 0 Å². The maximum Gasteiger partial charge on any atom is 0.274 e. The second-order valence-electron chi connectivity index (χ2n) is 6.67. The molecule has 5 nitrogen and oxygen atoms in total. The Morgan fingerprint density at radius 3 is 2.38 bits per heavy atom. The molecule has 1 aromatic heterocycles. The Morgan fingerprint density at radius 1 is 1.17 bits per heavy atom. The fourth-order valence-corrected chi connectivity index (χ4v) is 2.14. The number of nitrogens with one attached hydrogen (secondary N) is 1. The second-order valence-corrected chi connectivity index (χ2v) is 6.67. The number of aromatic nitrogens is 1. The lowest BCUT2D eigenvalue weighted by Crippen LogP contribution is -2.46. The van der Waals surface area contributed by atoms with E-state index in [9.17, 15) is 9.59 Å². The minimum absolute atomic E-state index is 0. The van der Waals surface area contributed by atoms with Gasteiger partial charge in [-0.3, -0.25) is 9.59 Å². The molecule has 3 N–H and O–H groups in total. The van der Waals surface area contributed by atoms with Crippen LogP contribution in [0.3, 0.4) is 0 Å². The summed E-state index contributed by atoms with van der Waals surface area (Å²) in [7, 11) is 0. The van der Waals surface area contributed by atoms with Gasteiger partial charge in [-0.25, -0.2) is 0 Å². The average molecular weight is 350 g/mol. The van der Waals surface area contributed by atoms with Gasteiger partial charge >= 0.3 is 0 Å². The van der Waals surface area contributed by atoms with Crippen molar-refractivity contribution in [1.82, 2.24) is 4.57 Å². The van der Waals surface area contributed by atoms with Gasteiger partial charge in [0.1, 0.15) is 5.69 Å². The summed E-state index contributed by atoms with van der Waals surface area (Å²) in [5.74, 6) is -0.355. The summed E-state index contributed by atoms with van der Waals surface area (Å²) < 4.78 is 1.56. The molecule has 1 heterocycles. The molecule has 0 unspecified atom stereocenters. The minimum Gasteiger partial charge on any atom is -0.320 e. The molecule has 0 fully saturated rings. The number of carbonyl (C=O) groups excluding carboxylic acids is 1. The van der Waals surface area contributed by atoms with Crippen molar-refractivity contribution >= 4 is 24.0 Å². The highest BCUT2D eigenvalue weighted by Crippen LogP contribution is 2.18. The number of hydrogen-bond acceptors (Lipinski definition) is 3. The lowest BCUT2D eigenvalue weighted by molar-refractivity contribution is -0.119. The van der Waals surface area contributed by atoms with Crippen LogP contribution < -0.4 is 16.6 Å². The zero-order valence-corrected chi connectivity index (χ0v) is 15.0. The number of carbonyl (C=O) groups is 1. The van der Waals surface area contributed by atoms with E-state index < -0.39 is 6.04 Å². The number of amides is 1. The molecule has 2 aromatic rings. The van der Waals surface area contributed by atoms with Crippen LogP contribution in [0.4, 0.5) is 5.69 Å². The van der Waals surface area contributed by atoms with Crippen LogP contribution in [0, 0.1) is 5.41 Å². The highest BCUT2D eigenvalue weighted by atomic mass is 35.5. The van der Waals surface area contributed by atoms with Crippen molar-refractivity contribution in [1.29, 1.82) is 0 Å². The predicted molar refractivity (Wildman–Crippen MR) is 99.6 cm³/mol. The smallest absolute Gasteiger partial charge is 0.274 e. The Bertz CT molecular complexity index is 736. The quantitative estimate of drug-likeness (QED) is 0.890. The summed E-state index contributed by atoms with van der Waals surface area (Å²) in [5, 5.41) is 2.65. The number of nitrogens with two attached hydrogens (primary N) is 1. The first kappa shape index (κ1) is 19.9. The Morgan fingerprint density at radius 2 is 1.79 bits per heavy atom. The van der Waals surface area contributed by atoms with Crippen LogP contribution in [0.1, 0.15) is 26.3 Å². The first-order valence-corrected chi connectivity index (χ1v) is 7.59. The van der Waals surface area contributed by atoms with Crippen LogP contribution in [0.25, 0.3) is 0 Å². The van der Waals surface area contributed by atoms with Crippen LogP contribution in [-0.2, 0) is 11.3 Å². The van der Waals surface area contributed by atoms with E-state index in [0.717, 1.165) is 5.56 Å². The third kappa shape index (κ3) is 4.94. The Labute approximate surface area is 148 Å². The molecule has 2 rings (SSSR count). The third-order valence-electron chi connectivity index (χ3n) is 3.69. The molecule has 1 aromatic carbocycles. The molecule has 130 valence electrons. The number of benzene rings is 1. The van der Waals surface area contributed by atoms with E-state index in [1.165, 1.54) is 0 Å². The zero-order chi connectivity index (χ0) is 17.0. The van der Waals surface area contributed by atoms with Gasteiger partial charge in [0.25, 0.3) is 5.56 Å². The molecule has 6 heteroatoms. The van der Waals surface area contributed by atoms with Crippen molar-refractivity contribution in [2.24, 2.45) is 11.1 Å². The number of anilines is 1. The molecule has 1 amide bonds. The topological polar surface area (TPSA) is 77.1 Å². The molecule has 0 aliphatic rings. The van der Waals surface area contributed by atoms with E-state index in [-0.39, 0.29) is 35.0 Å². The number of rotatable bonds is 4. The van der Waals surface area contributed by atoms with Crippen LogP contribution in [0.2, 0.25) is 0 Å². The van der Waals surface area contributed by atoms with Gasteiger partial charge < -0.3 is 15.6 Å². The minimum atomic E-state index is -0.690. The molecular weight excluding hydrogens is 326 g/mol. The van der Waals surface area contributed by atoms with Gasteiger partial charge in [0, 0.05) is 6.20 Å². The van der Waals surface area contributed by atoms with Crippen molar-refractivity contribution in [2.45, 2.75) is 33.4 Å². The second kappa shape index (κ2) is 8.13. The van der Waals surface area contributed by atoms with Crippen LogP contribution in [0.5, 0.6) is 0 Å². The fourth-order valence-electron chi connectivity index (χ4n) is 2.14. The van der Waals surface area contributed by atoms with Crippen LogP contribution in [0.15, 0.2) is 53.5 Å². The van der Waals surface area contributed by atoms with E-state index >= 15 is 0 Å². The highest BCUT2D eigenvalue weighted by molar-refractivity contribution is 5.95. The van der Waals surface area contributed by atoms with Gasteiger partial charge in [-0.05, 0) is 23.1 Å². The lowest BCUT2D eigenvalue weighted by Gasteiger charge is -2.25. The van der Waals surface area contributed by atoms with Crippen molar-refractivity contribution < 1.29 is 4.79 Å². The summed E-state index contributed by atoms with van der Waals surface area (Å²) >= 11 is 0. The molecule has 0 aliphatic carbocycles. The number of hydrogen-bond donors (Lipinski definition) is 2. The van der Waals surface area contributed by atoms with E-state index in [1.54, 1.807) is 22.9 Å². The van der Waals surface area contributed by atoms with Crippen molar-refractivity contribution in [3.05, 3.63) is 64.6 Å². The maximum absolute atomic E-state index is 12.5. The molecule has 0 spiro atoms. The van der Waals surface area contributed by atoms with Crippen molar-refractivity contribution in [3.63, 3.8) is 0 Å². The zero-order valence-electron chi connectivity index (χ0n) is 14.2. The molecule has 1 atom stereocenters. The third-order valence-corrected chi connectivity index (χ3v) is 3.69. The first-order valence-electron chi connectivity index (χ1n) is 7.59. The average Bonchev–Trinajstić information content (AvgIpc) is 2.50. The van der Waals surface area contributed by atoms with Gasteiger partial charge in [-0.15, -0.1) is 12.4 Å². The molecule has 0 saturated carbocycles. The predicted octanol–water partition coefficient (Wildman–Crippen LogP) is 2.63. The molecule has 0 radical (unpaired) electrons. The van der Waals surface area contributed by atoms with E-state index in [2.05, 4.69) is 5.32 Å². The summed E-state index contributed by atoms with van der Waals surface area (Å²) in [5.41, 5.74) is 6.58. The monoisotopic (exact) mass is 349 g/mol. The molecule has 0 saturated heterocycles. The summed E-state index contributed by atoms with van der Waals surface area (Å²) in [6.45, 7) is 6.11. The Kier molecular flexibility index (Phi) is 6.75. The van der Waals surface area contributed by atoms with Gasteiger partial charge in [0.2, 0.25) is 5.91 Å². The van der Waals surface area contributed by atoms with E-state index in [4.69, 9.17) is 5.73 Å². The van der Waals surface area contributed by atoms with Crippen molar-refractivity contribution in [3.8, 4) is 0 Å². The van der Waals surface area contributed by atoms with E-state index in [1.807, 2.05) is 51.1 Å². The summed E-state index contributed by atoms with van der Waals surface area (Å²) in [6, 6.07) is 12.3. The SMILES string of the molecule is CC(C)(C)[C@H](N)C(=O)Nc1cccn(Cc2ccccc2)c1=O.Cl. The Hall–Kier alpha value is -2.11. The summed E-state index contributed by atoms with van der Waals surface area (Å²) in [4.78, 5) is 24.7. The van der Waals surface area contributed by atoms with Gasteiger partial charge in [0.15, 0.2) is 0 Å².